The van der Waals surface area contributed by atoms with Gasteiger partial charge in [0.1, 0.15) is 0 Å². The maximum atomic E-state index is 12.5. The Balaban J connectivity index is 1.54. The van der Waals surface area contributed by atoms with Gasteiger partial charge >= 0.3 is 11.1 Å². The van der Waals surface area contributed by atoms with Gasteiger partial charge in [0, 0.05) is 19.6 Å². The van der Waals surface area contributed by atoms with Crippen LogP contribution < -0.4 is 15.8 Å². The Bertz CT molecular complexity index is 1030. The maximum Gasteiger partial charge on any atom is 0.314 e. The number of rotatable bonds is 7. The van der Waals surface area contributed by atoms with Gasteiger partial charge in [0.05, 0.1) is 15.9 Å². The molecule has 0 bridgehead atoms. The first-order valence-corrected chi connectivity index (χ1v) is 11.2. The van der Waals surface area contributed by atoms with Crippen LogP contribution in [0.4, 0.5) is 0 Å². The van der Waals surface area contributed by atoms with Gasteiger partial charge in [0.15, 0.2) is 0 Å². The summed E-state index contributed by atoms with van der Waals surface area (Å²) in [5.74, 6) is 1.44. The number of likely N-dealkylation sites (tertiary alicyclic amines) is 1. The molecule has 0 aliphatic carbocycles. The SMILES string of the molecule is CC1CC(C)CN(CCCCNS(=O)(=O)c2ccc3[nH]c(=O)c(=O)[nH]c3c2)C1. The molecule has 0 spiro atoms. The molecule has 2 heterocycles. The van der Waals surface area contributed by atoms with Gasteiger partial charge in [-0.2, -0.15) is 0 Å². The summed E-state index contributed by atoms with van der Waals surface area (Å²) in [4.78, 5) is 30.1. The van der Waals surface area contributed by atoms with E-state index in [-0.39, 0.29) is 10.4 Å². The standard InChI is InChI=1S/C19H28N4O4S/c1-13-9-14(2)12-23(11-13)8-4-3-7-20-28(26,27)15-5-6-16-17(10-15)22-19(25)18(24)21-16/h5-6,10,13-14,20H,3-4,7-9,11-12H2,1-2H3,(H,21,24)(H,22,25). The van der Waals surface area contributed by atoms with Crippen molar-refractivity contribution in [1.29, 1.82) is 0 Å². The maximum absolute atomic E-state index is 12.5. The molecule has 2 aromatic rings. The zero-order valence-electron chi connectivity index (χ0n) is 16.3. The summed E-state index contributed by atoms with van der Waals surface area (Å²) < 4.78 is 27.6. The number of nitrogens with zero attached hydrogens (tertiary/aromatic N) is 1. The fourth-order valence-corrected chi connectivity index (χ4v) is 5.09. The zero-order valence-corrected chi connectivity index (χ0v) is 17.1. The number of unbranched alkanes of at least 4 members (excludes halogenated alkanes) is 1. The lowest BCUT2D eigenvalue weighted by Crippen LogP contribution is -2.39. The van der Waals surface area contributed by atoms with E-state index in [9.17, 15) is 18.0 Å². The van der Waals surface area contributed by atoms with E-state index in [1.54, 1.807) is 0 Å². The van der Waals surface area contributed by atoms with Crippen molar-refractivity contribution < 1.29 is 8.42 Å². The average Bonchev–Trinajstić information content (AvgIpc) is 2.61. The highest BCUT2D eigenvalue weighted by molar-refractivity contribution is 7.89. The number of fused-ring (bicyclic) bond motifs is 1. The predicted octanol–water partition coefficient (Wildman–Crippen LogP) is 1.25. The minimum absolute atomic E-state index is 0.0568. The van der Waals surface area contributed by atoms with Crippen molar-refractivity contribution in [3.8, 4) is 0 Å². The van der Waals surface area contributed by atoms with E-state index in [2.05, 4.69) is 33.4 Å². The molecule has 9 heteroatoms. The number of benzene rings is 1. The lowest BCUT2D eigenvalue weighted by molar-refractivity contribution is 0.139. The lowest BCUT2D eigenvalue weighted by atomic mass is 9.92. The average molecular weight is 409 g/mol. The quantitative estimate of drug-likeness (QED) is 0.471. The molecule has 0 saturated carbocycles. The van der Waals surface area contributed by atoms with Gasteiger partial charge in [-0.15, -0.1) is 0 Å². The van der Waals surface area contributed by atoms with Gasteiger partial charge in [-0.05, 0) is 55.8 Å². The molecule has 154 valence electrons. The van der Waals surface area contributed by atoms with Crippen LogP contribution in [-0.2, 0) is 10.0 Å². The van der Waals surface area contributed by atoms with Crippen LogP contribution in [0, 0.1) is 11.8 Å². The summed E-state index contributed by atoms with van der Waals surface area (Å²) in [6, 6.07) is 4.24. The first kappa shape index (κ1) is 20.8. The van der Waals surface area contributed by atoms with Crippen molar-refractivity contribution in [2.24, 2.45) is 11.8 Å². The molecule has 8 nitrogen and oxygen atoms in total. The Morgan fingerprint density at radius 2 is 1.68 bits per heavy atom. The van der Waals surface area contributed by atoms with Crippen molar-refractivity contribution in [3.05, 3.63) is 38.9 Å². The molecule has 3 N–H and O–H groups in total. The van der Waals surface area contributed by atoms with Gasteiger partial charge < -0.3 is 14.9 Å². The van der Waals surface area contributed by atoms with Crippen LogP contribution in [0.3, 0.4) is 0 Å². The number of aromatic nitrogens is 2. The fraction of sp³-hybridized carbons (Fsp3) is 0.579. The van der Waals surface area contributed by atoms with Crippen molar-refractivity contribution in [1.82, 2.24) is 19.6 Å². The Morgan fingerprint density at radius 1 is 1.04 bits per heavy atom. The second-order valence-corrected chi connectivity index (χ2v) is 9.69. The molecule has 28 heavy (non-hydrogen) atoms. The van der Waals surface area contributed by atoms with Crippen LogP contribution in [0.1, 0.15) is 33.1 Å². The molecule has 1 fully saturated rings. The van der Waals surface area contributed by atoms with E-state index in [1.807, 2.05) is 0 Å². The van der Waals surface area contributed by atoms with E-state index in [4.69, 9.17) is 0 Å². The van der Waals surface area contributed by atoms with Gasteiger partial charge in [-0.3, -0.25) is 9.59 Å². The highest BCUT2D eigenvalue weighted by Crippen LogP contribution is 2.21. The van der Waals surface area contributed by atoms with Crippen molar-refractivity contribution in [2.75, 3.05) is 26.2 Å². The summed E-state index contributed by atoms with van der Waals surface area (Å²) in [5.41, 5.74) is -0.913. The van der Waals surface area contributed by atoms with E-state index in [0.29, 0.717) is 12.1 Å². The largest absolute Gasteiger partial charge is 0.316 e. The van der Waals surface area contributed by atoms with Gasteiger partial charge in [0.2, 0.25) is 10.0 Å². The third-order valence-electron chi connectivity index (χ3n) is 5.14. The van der Waals surface area contributed by atoms with Crippen LogP contribution in [0.25, 0.3) is 11.0 Å². The van der Waals surface area contributed by atoms with Crippen LogP contribution in [-0.4, -0.2) is 49.5 Å². The minimum Gasteiger partial charge on any atom is -0.316 e. The highest BCUT2D eigenvalue weighted by atomic mass is 32.2. The first-order valence-electron chi connectivity index (χ1n) is 9.73. The van der Waals surface area contributed by atoms with E-state index in [1.165, 1.54) is 24.6 Å². The Hall–Kier alpha value is -1.97. The molecule has 3 rings (SSSR count). The van der Waals surface area contributed by atoms with Gasteiger partial charge in [0.25, 0.3) is 0 Å². The van der Waals surface area contributed by atoms with Crippen molar-refractivity contribution in [3.63, 3.8) is 0 Å². The molecular formula is C19H28N4O4S. The molecule has 1 aromatic heterocycles. The van der Waals surface area contributed by atoms with Gasteiger partial charge in [-0.25, -0.2) is 13.1 Å². The van der Waals surface area contributed by atoms with Gasteiger partial charge in [-0.1, -0.05) is 13.8 Å². The van der Waals surface area contributed by atoms with Crippen LogP contribution in [0.2, 0.25) is 0 Å². The molecule has 2 unspecified atom stereocenters. The number of nitrogens with one attached hydrogen (secondary N) is 3. The first-order chi connectivity index (χ1) is 13.2. The van der Waals surface area contributed by atoms with Crippen molar-refractivity contribution in [2.45, 2.75) is 38.0 Å². The lowest BCUT2D eigenvalue weighted by Gasteiger charge is -2.34. The summed E-state index contributed by atoms with van der Waals surface area (Å²) >= 11 is 0. The highest BCUT2D eigenvalue weighted by Gasteiger charge is 2.21. The van der Waals surface area contributed by atoms with E-state index < -0.39 is 21.1 Å². The molecule has 0 amide bonds. The fourth-order valence-electron chi connectivity index (χ4n) is 3.99. The number of piperidine rings is 1. The number of hydrogen-bond donors (Lipinski definition) is 3. The molecule has 0 radical (unpaired) electrons. The zero-order chi connectivity index (χ0) is 20.3. The third-order valence-corrected chi connectivity index (χ3v) is 6.60. The molecule has 1 saturated heterocycles. The third kappa shape index (κ3) is 5.09. The summed E-state index contributed by atoms with van der Waals surface area (Å²) in [6.07, 6.45) is 2.98. The molecule has 2 atom stereocenters. The summed E-state index contributed by atoms with van der Waals surface area (Å²) in [7, 11) is -3.68. The molecule has 1 aliphatic rings. The number of hydrogen-bond acceptors (Lipinski definition) is 5. The second kappa shape index (κ2) is 8.59. The predicted molar refractivity (Wildman–Crippen MR) is 109 cm³/mol. The monoisotopic (exact) mass is 408 g/mol. The topological polar surface area (TPSA) is 115 Å². The van der Waals surface area contributed by atoms with Crippen LogP contribution in [0.5, 0.6) is 0 Å². The minimum atomic E-state index is -3.68. The smallest absolute Gasteiger partial charge is 0.314 e. The Morgan fingerprint density at radius 3 is 2.36 bits per heavy atom. The molecule has 1 aromatic carbocycles. The second-order valence-electron chi connectivity index (χ2n) is 7.93. The molecular weight excluding hydrogens is 380 g/mol. The normalized spacial score (nSPS) is 21.2. The van der Waals surface area contributed by atoms with E-state index in [0.717, 1.165) is 44.3 Å². The van der Waals surface area contributed by atoms with Crippen molar-refractivity contribution >= 4 is 21.1 Å². The van der Waals surface area contributed by atoms with Crippen LogP contribution in [0.15, 0.2) is 32.7 Å². The van der Waals surface area contributed by atoms with E-state index >= 15 is 0 Å². The summed E-state index contributed by atoms with van der Waals surface area (Å²) in [5, 5.41) is 0. The summed E-state index contributed by atoms with van der Waals surface area (Å²) in [6.45, 7) is 8.15. The number of sulfonamides is 1. The van der Waals surface area contributed by atoms with Crippen LogP contribution >= 0.6 is 0 Å². The molecule has 1 aliphatic heterocycles. The Kier molecular flexibility index (Phi) is 6.36. The number of H-pyrrole nitrogens is 2. The number of aromatic amines is 2. The Labute approximate surface area is 164 Å².